The number of ether oxygens (including phenoxy) is 2. The standard InChI is InChI=1S/C26H28N2O6S/c1-5-34-26(30)19-8-11-22(12-9-19)27-25(29)20-10-15-24(33-4)21(16-20)17-28(3)35(31,32)23-13-6-18(2)7-14-23/h6-16H,5,17H2,1-4H3,(H,27,29). The van der Waals surface area contributed by atoms with Gasteiger partial charge in [0.1, 0.15) is 5.75 Å². The molecule has 3 aromatic rings. The minimum atomic E-state index is -3.74. The first kappa shape index (κ1) is 25.9. The van der Waals surface area contributed by atoms with Gasteiger partial charge < -0.3 is 14.8 Å². The third-order valence-electron chi connectivity index (χ3n) is 5.32. The quantitative estimate of drug-likeness (QED) is 0.444. The molecule has 0 fully saturated rings. The summed E-state index contributed by atoms with van der Waals surface area (Å²) in [7, 11) is -0.774. The number of hydrogen-bond acceptors (Lipinski definition) is 6. The summed E-state index contributed by atoms with van der Waals surface area (Å²) in [6, 6.07) is 17.8. The van der Waals surface area contributed by atoms with Gasteiger partial charge in [0, 0.05) is 30.4 Å². The molecule has 0 atom stereocenters. The molecule has 0 spiro atoms. The molecule has 184 valence electrons. The smallest absolute Gasteiger partial charge is 0.338 e. The van der Waals surface area contributed by atoms with E-state index in [1.165, 1.54) is 18.5 Å². The van der Waals surface area contributed by atoms with Crippen LogP contribution < -0.4 is 10.1 Å². The van der Waals surface area contributed by atoms with E-state index in [1.807, 2.05) is 6.92 Å². The highest BCUT2D eigenvalue weighted by molar-refractivity contribution is 7.89. The van der Waals surface area contributed by atoms with Gasteiger partial charge in [-0.3, -0.25) is 4.79 Å². The Balaban J connectivity index is 1.78. The highest BCUT2D eigenvalue weighted by Crippen LogP contribution is 2.25. The molecule has 0 unspecified atom stereocenters. The maximum Gasteiger partial charge on any atom is 0.338 e. The summed E-state index contributed by atoms with van der Waals surface area (Å²) in [4.78, 5) is 24.8. The van der Waals surface area contributed by atoms with E-state index in [2.05, 4.69) is 5.32 Å². The van der Waals surface area contributed by atoms with Crippen LogP contribution in [0.4, 0.5) is 5.69 Å². The average Bonchev–Trinajstić information content (AvgIpc) is 2.84. The van der Waals surface area contributed by atoms with Crippen molar-refractivity contribution in [1.82, 2.24) is 4.31 Å². The number of carbonyl (C=O) groups is 2. The molecule has 0 aliphatic heterocycles. The molecule has 3 aromatic carbocycles. The minimum Gasteiger partial charge on any atom is -0.496 e. The first-order chi connectivity index (χ1) is 16.6. The van der Waals surface area contributed by atoms with Crippen LogP contribution in [0.2, 0.25) is 0 Å². The Morgan fingerprint density at radius 1 is 0.943 bits per heavy atom. The van der Waals surface area contributed by atoms with Gasteiger partial charge >= 0.3 is 5.97 Å². The van der Waals surface area contributed by atoms with Crippen molar-refractivity contribution in [3.8, 4) is 5.75 Å². The largest absolute Gasteiger partial charge is 0.496 e. The SMILES string of the molecule is CCOC(=O)c1ccc(NC(=O)c2ccc(OC)c(CN(C)S(=O)(=O)c3ccc(C)cc3)c2)cc1. The van der Waals surface area contributed by atoms with E-state index in [1.54, 1.807) is 73.7 Å². The summed E-state index contributed by atoms with van der Waals surface area (Å²) < 4.78 is 37.6. The lowest BCUT2D eigenvalue weighted by atomic mass is 10.1. The zero-order valence-corrected chi connectivity index (χ0v) is 20.9. The molecule has 0 saturated carbocycles. The Bertz CT molecular complexity index is 1300. The number of sulfonamides is 1. The molecule has 9 heteroatoms. The van der Waals surface area contributed by atoms with Crippen LogP contribution in [0.15, 0.2) is 71.6 Å². The number of nitrogens with one attached hydrogen (secondary N) is 1. The normalized spacial score (nSPS) is 11.2. The lowest BCUT2D eigenvalue weighted by molar-refractivity contribution is 0.0526. The molecule has 0 radical (unpaired) electrons. The number of methoxy groups -OCH3 is 1. The van der Waals surface area contributed by atoms with Gasteiger partial charge in [0.05, 0.1) is 24.2 Å². The van der Waals surface area contributed by atoms with Crippen molar-refractivity contribution in [3.63, 3.8) is 0 Å². The molecule has 0 heterocycles. The van der Waals surface area contributed by atoms with E-state index in [0.29, 0.717) is 28.1 Å². The lowest BCUT2D eigenvalue weighted by Crippen LogP contribution is -2.27. The second-order valence-electron chi connectivity index (χ2n) is 7.85. The molecule has 1 N–H and O–H groups in total. The maximum absolute atomic E-state index is 13.0. The molecule has 1 amide bonds. The van der Waals surface area contributed by atoms with Gasteiger partial charge in [-0.05, 0) is 68.4 Å². The molecular weight excluding hydrogens is 468 g/mol. The number of hydrogen-bond donors (Lipinski definition) is 1. The van der Waals surface area contributed by atoms with Crippen LogP contribution in [-0.2, 0) is 21.3 Å². The number of rotatable bonds is 9. The summed E-state index contributed by atoms with van der Waals surface area (Å²) in [6.07, 6.45) is 0. The fourth-order valence-electron chi connectivity index (χ4n) is 3.37. The third-order valence-corrected chi connectivity index (χ3v) is 7.14. The van der Waals surface area contributed by atoms with Gasteiger partial charge in [-0.1, -0.05) is 17.7 Å². The third kappa shape index (κ3) is 6.26. The summed E-state index contributed by atoms with van der Waals surface area (Å²) >= 11 is 0. The second kappa shape index (κ2) is 11.2. The number of carbonyl (C=O) groups excluding carboxylic acids is 2. The van der Waals surface area contributed by atoms with Gasteiger partial charge in [-0.25, -0.2) is 13.2 Å². The first-order valence-corrected chi connectivity index (χ1v) is 12.4. The van der Waals surface area contributed by atoms with Crippen LogP contribution >= 0.6 is 0 Å². The molecule has 0 aliphatic rings. The monoisotopic (exact) mass is 496 g/mol. The van der Waals surface area contributed by atoms with Crippen LogP contribution in [-0.4, -0.2) is 45.4 Å². The summed E-state index contributed by atoms with van der Waals surface area (Å²) in [6.45, 7) is 3.90. The number of aryl methyl sites for hydroxylation is 1. The summed E-state index contributed by atoms with van der Waals surface area (Å²) in [5.41, 5.74) is 2.71. The van der Waals surface area contributed by atoms with Gasteiger partial charge in [-0.2, -0.15) is 4.31 Å². The van der Waals surface area contributed by atoms with Crippen molar-refractivity contribution in [3.05, 3.63) is 89.0 Å². The number of anilines is 1. The topological polar surface area (TPSA) is 102 Å². The van der Waals surface area contributed by atoms with E-state index in [0.717, 1.165) is 5.56 Å². The van der Waals surface area contributed by atoms with E-state index in [4.69, 9.17) is 9.47 Å². The van der Waals surface area contributed by atoms with Crippen molar-refractivity contribution in [1.29, 1.82) is 0 Å². The Morgan fingerprint density at radius 3 is 2.17 bits per heavy atom. The van der Waals surface area contributed by atoms with Crippen molar-refractivity contribution >= 4 is 27.6 Å². The number of esters is 1. The minimum absolute atomic E-state index is 0.00867. The highest BCUT2D eigenvalue weighted by atomic mass is 32.2. The van der Waals surface area contributed by atoms with Crippen LogP contribution in [0.25, 0.3) is 0 Å². The van der Waals surface area contributed by atoms with Crippen LogP contribution in [0.3, 0.4) is 0 Å². The fraction of sp³-hybridized carbons (Fsp3) is 0.231. The first-order valence-electron chi connectivity index (χ1n) is 10.9. The predicted octanol–water partition coefficient (Wildman–Crippen LogP) is 4.25. The predicted molar refractivity (Wildman–Crippen MR) is 133 cm³/mol. The van der Waals surface area contributed by atoms with Gasteiger partial charge in [0.15, 0.2) is 0 Å². The molecule has 0 bridgehead atoms. The molecule has 0 saturated heterocycles. The van der Waals surface area contributed by atoms with E-state index >= 15 is 0 Å². The lowest BCUT2D eigenvalue weighted by Gasteiger charge is -2.19. The Morgan fingerprint density at radius 2 is 1.57 bits per heavy atom. The molecule has 3 rings (SSSR count). The second-order valence-corrected chi connectivity index (χ2v) is 9.90. The molecule has 35 heavy (non-hydrogen) atoms. The molecule has 8 nitrogen and oxygen atoms in total. The summed E-state index contributed by atoms with van der Waals surface area (Å²) in [5, 5.41) is 2.77. The zero-order valence-electron chi connectivity index (χ0n) is 20.1. The van der Waals surface area contributed by atoms with Gasteiger partial charge in [0.2, 0.25) is 10.0 Å². The van der Waals surface area contributed by atoms with E-state index in [-0.39, 0.29) is 24.0 Å². The van der Waals surface area contributed by atoms with E-state index < -0.39 is 16.0 Å². The fourth-order valence-corrected chi connectivity index (χ4v) is 4.51. The highest BCUT2D eigenvalue weighted by Gasteiger charge is 2.22. The van der Waals surface area contributed by atoms with Crippen LogP contribution in [0.1, 0.15) is 38.8 Å². The van der Waals surface area contributed by atoms with E-state index in [9.17, 15) is 18.0 Å². The van der Waals surface area contributed by atoms with Crippen LogP contribution in [0.5, 0.6) is 5.75 Å². The Hall–Kier alpha value is -3.69. The van der Waals surface area contributed by atoms with Crippen molar-refractivity contribution < 1.29 is 27.5 Å². The Kier molecular flexibility index (Phi) is 8.26. The average molecular weight is 497 g/mol. The number of amides is 1. The number of nitrogens with zero attached hydrogens (tertiary/aromatic N) is 1. The van der Waals surface area contributed by atoms with Gasteiger partial charge in [-0.15, -0.1) is 0 Å². The zero-order chi connectivity index (χ0) is 25.6. The molecule has 0 aromatic heterocycles. The van der Waals surface area contributed by atoms with Crippen molar-refractivity contribution in [2.45, 2.75) is 25.3 Å². The Labute approximate surface area is 205 Å². The number of benzene rings is 3. The van der Waals surface area contributed by atoms with Crippen molar-refractivity contribution in [2.75, 3.05) is 26.1 Å². The van der Waals surface area contributed by atoms with Gasteiger partial charge in [0.25, 0.3) is 5.91 Å². The maximum atomic E-state index is 13.0. The summed E-state index contributed by atoms with van der Waals surface area (Å²) in [5.74, 6) is -0.358. The van der Waals surface area contributed by atoms with Crippen molar-refractivity contribution in [2.24, 2.45) is 0 Å². The molecular formula is C26H28N2O6S. The van der Waals surface area contributed by atoms with Crippen LogP contribution in [0, 0.1) is 6.92 Å². The molecule has 0 aliphatic carbocycles.